The summed E-state index contributed by atoms with van der Waals surface area (Å²) in [5.41, 5.74) is 6.86. The lowest BCUT2D eigenvalue weighted by molar-refractivity contribution is -0.131. The molecule has 4 rings (SSSR count). The van der Waals surface area contributed by atoms with Gasteiger partial charge in [0.05, 0.1) is 5.69 Å². The number of nitrogens with two attached hydrogens (primary N) is 1. The van der Waals surface area contributed by atoms with Crippen LogP contribution in [0.4, 0.5) is 0 Å². The second kappa shape index (κ2) is 6.23. The highest BCUT2D eigenvalue weighted by Gasteiger charge is 2.39. The maximum Gasteiger partial charge on any atom is 0.270 e. The summed E-state index contributed by atoms with van der Waals surface area (Å²) in [5.74, 6) is 5.19. The number of carbonyl (C=O) groups is 3. The molecular formula is C20H19N5O3. The van der Waals surface area contributed by atoms with Crippen LogP contribution in [0.15, 0.2) is 24.3 Å². The van der Waals surface area contributed by atoms with Gasteiger partial charge in [-0.1, -0.05) is 17.9 Å². The quantitative estimate of drug-likeness (QED) is 0.740. The van der Waals surface area contributed by atoms with E-state index in [4.69, 9.17) is 5.73 Å². The van der Waals surface area contributed by atoms with E-state index in [1.807, 2.05) is 13.0 Å². The van der Waals surface area contributed by atoms with Gasteiger partial charge in [0.25, 0.3) is 11.8 Å². The van der Waals surface area contributed by atoms with Gasteiger partial charge in [0.2, 0.25) is 5.91 Å². The highest BCUT2D eigenvalue weighted by atomic mass is 16.2. The highest BCUT2D eigenvalue weighted by molar-refractivity contribution is 6.02. The molecule has 1 aromatic carbocycles. The number of fused-ring (bicyclic) bond motifs is 1. The number of benzene rings is 1. The van der Waals surface area contributed by atoms with Crippen molar-refractivity contribution >= 4 is 17.7 Å². The summed E-state index contributed by atoms with van der Waals surface area (Å²) in [4.78, 5) is 37.8. The summed E-state index contributed by atoms with van der Waals surface area (Å²) in [6.45, 7) is 2.76. The summed E-state index contributed by atoms with van der Waals surface area (Å²) in [5, 5.41) is 6.92. The first-order chi connectivity index (χ1) is 13.3. The molecule has 2 aromatic rings. The summed E-state index contributed by atoms with van der Waals surface area (Å²) >= 11 is 0. The van der Waals surface area contributed by atoms with Crippen molar-refractivity contribution in [2.45, 2.75) is 19.9 Å². The van der Waals surface area contributed by atoms with Crippen molar-refractivity contribution in [1.29, 1.82) is 0 Å². The molecule has 3 amide bonds. The van der Waals surface area contributed by atoms with Crippen molar-refractivity contribution in [3.05, 3.63) is 46.8 Å². The van der Waals surface area contributed by atoms with Crippen LogP contribution in [-0.4, -0.2) is 46.0 Å². The minimum atomic E-state index is -0.698. The Kier molecular flexibility index (Phi) is 3.96. The molecule has 3 N–H and O–H groups in total. The van der Waals surface area contributed by atoms with Crippen molar-refractivity contribution in [2.24, 2.45) is 11.1 Å². The van der Waals surface area contributed by atoms with Gasteiger partial charge in [-0.05, 0) is 31.5 Å². The molecule has 142 valence electrons. The summed E-state index contributed by atoms with van der Waals surface area (Å²) in [7, 11) is 1.77. The van der Waals surface area contributed by atoms with Crippen molar-refractivity contribution in [3.8, 4) is 17.5 Å². The van der Waals surface area contributed by atoms with Gasteiger partial charge >= 0.3 is 0 Å². The van der Waals surface area contributed by atoms with Gasteiger partial charge in [-0.25, -0.2) is 4.68 Å². The van der Waals surface area contributed by atoms with Gasteiger partial charge in [0, 0.05) is 31.3 Å². The predicted molar refractivity (Wildman–Crippen MR) is 100 cm³/mol. The van der Waals surface area contributed by atoms with Crippen LogP contribution >= 0.6 is 0 Å². The lowest BCUT2D eigenvalue weighted by Crippen LogP contribution is -2.28. The van der Waals surface area contributed by atoms with Gasteiger partial charge in [-0.2, -0.15) is 5.10 Å². The number of likely N-dealkylation sites (tertiary alicyclic amines) is 1. The molecule has 0 saturated carbocycles. The lowest BCUT2D eigenvalue weighted by Gasteiger charge is -2.14. The predicted octanol–water partition coefficient (Wildman–Crippen LogP) is 0.434. The van der Waals surface area contributed by atoms with E-state index in [1.54, 1.807) is 30.1 Å². The number of amides is 3. The van der Waals surface area contributed by atoms with E-state index in [2.05, 4.69) is 22.3 Å². The maximum absolute atomic E-state index is 12.3. The van der Waals surface area contributed by atoms with Gasteiger partial charge in [-0.15, -0.1) is 0 Å². The third-order valence-corrected chi connectivity index (χ3v) is 5.20. The molecule has 1 fully saturated rings. The largest absolute Gasteiger partial charge is 0.364 e. The van der Waals surface area contributed by atoms with Crippen LogP contribution in [0, 0.1) is 17.3 Å². The molecule has 28 heavy (non-hydrogen) atoms. The SMILES string of the molecule is CN1CC[C@](C)(C#Cc2cccc(-n3nc(C(N)=O)c4c3C(=O)NC4)c2)C1=O. The topological polar surface area (TPSA) is 110 Å². The Balaban J connectivity index is 1.73. The lowest BCUT2D eigenvalue weighted by atomic mass is 9.89. The molecule has 1 aromatic heterocycles. The minimum absolute atomic E-state index is 0.0174. The molecule has 2 aliphatic heterocycles. The first-order valence-electron chi connectivity index (χ1n) is 8.89. The molecule has 2 aliphatic rings. The summed E-state index contributed by atoms with van der Waals surface area (Å²) in [6, 6.07) is 7.14. The number of hydrogen-bond donors (Lipinski definition) is 2. The number of aromatic nitrogens is 2. The standard InChI is InChI=1S/C20H19N5O3/c1-20(8-9-24(2)19(20)28)7-6-12-4-3-5-13(10-12)25-16-14(11-22-18(16)27)15(23-25)17(21)26/h3-5,10H,8-9,11H2,1-2H3,(H2,21,26)(H,22,27)/t20-/m0/s1. The first-order valence-corrected chi connectivity index (χ1v) is 8.89. The fourth-order valence-electron chi connectivity index (χ4n) is 3.55. The average Bonchev–Trinajstić information content (AvgIpc) is 3.31. The number of primary amides is 1. The Morgan fingerprint density at radius 1 is 1.36 bits per heavy atom. The molecular weight excluding hydrogens is 358 g/mol. The number of nitrogens with zero attached hydrogens (tertiary/aromatic N) is 3. The van der Waals surface area contributed by atoms with E-state index in [9.17, 15) is 14.4 Å². The van der Waals surface area contributed by atoms with E-state index in [1.165, 1.54) is 4.68 Å². The Labute approximate surface area is 161 Å². The zero-order valence-electron chi connectivity index (χ0n) is 15.6. The Morgan fingerprint density at radius 3 is 2.82 bits per heavy atom. The minimum Gasteiger partial charge on any atom is -0.364 e. The Bertz CT molecular complexity index is 1090. The molecule has 1 atom stereocenters. The number of nitrogens with one attached hydrogen (secondary N) is 1. The second-order valence-corrected chi connectivity index (χ2v) is 7.24. The van der Waals surface area contributed by atoms with Crippen molar-refractivity contribution in [1.82, 2.24) is 20.0 Å². The first kappa shape index (κ1) is 17.8. The van der Waals surface area contributed by atoms with Crippen LogP contribution < -0.4 is 11.1 Å². The zero-order valence-corrected chi connectivity index (χ0v) is 15.6. The van der Waals surface area contributed by atoms with Gasteiger partial charge in [0.15, 0.2) is 5.69 Å². The van der Waals surface area contributed by atoms with E-state index < -0.39 is 11.3 Å². The number of hydrogen-bond acceptors (Lipinski definition) is 4. The molecule has 0 bridgehead atoms. The molecule has 0 spiro atoms. The van der Waals surface area contributed by atoms with E-state index >= 15 is 0 Å². The van der Waals surface area contributed by atoms with Crippen molar-refractivity contribution in [2.75, 3.05) is 13.6 Å². The zero-order chi connectivity index (χ0) is 20.1. The second-order valence-electron chi connectivity index (χ2n) is 7.24. The van der Waals surface area contributed by atoms with Crippen LogP contribution in [-0.2, 0) is 11.3 Å². The number of rotatable bonds is 2. The summed E-state index contributed by atoms with van der Waals surface area (Å²) in [6.07, 6.45) is 0.684. The molecule has 8 nitrogen and oxygen atoms in total. The highest BCUT2D eigenvalue weighted by Crippen LogP contribution is 2.30. The Morgan fingerprint density at radius 2 is 2.14 bits per heavy atom. The molecule has 1 saturated heterocycles. The molecule has 8 heteroatoms. The van der Waals surface area contributed by atoms with Gasteiger partial charge in [-0.3, -0.25) is 14.4 Å². The smallest absolute Gasteiger partial charge is 0.270 e. The van der Waals surface area contributed by atoms with Gasteiger partial charge < -0.3 is 16.0 Å². The Hall–Kier alpha value is -3.60. The van der Waals surface area contributed by atoms with Crippen LogP contribution in [0.2, 0.25) is 0 Å². The third kappa shape index (κ3) is 2.72. The fourth-order valence-corrected chi connectivity index (χ4v) is 3.55. The van der Waals surface area contributed by atoms with Crippen molar-refractivity contribution in [3.63, 3.8) is 0 Å². The van der Waals surface area contributed by atoms with Crippen LogP contribution in [0.3, 0.4) is 0 Å². The van der Waals surface area contributed by atoms with Crippen LogP contribution in [0.5, 0.6) is 0 Å². The van der Waals surface area contributed by atoms with E-state index in [0.29, 0.717) is 35.5 Å². The summed E-state index contributed by atoms with van der Waals surface area (Å²) < 4.78 is 1.42. The van der Waals surface area contributed by atoms with E-state index in [-0.39, 0.29) is 24.1 Å². The molecule has 0 unspecified atom stereocenters. The molecule has 3 heterocycles. The molecule has 0 radical (unpaired) electrons. The molecule has 0 aliphatic carbocycles. The third-order valence-electron chi connectivity index (χ3n) is 5.20. The fraction of sp³-hybridized carbons (Fsp3) is 0.300. The van der Waals surface area contributed by atoms with E-state index in [0.717, 1.165) is 0 Å². The van der Waals surface area contributed by atoms with Gasteiger partial charge in [0.1, 0.15) is 11.1 Å². The monoisotopic (exact) mass is 377 g/mol. The normalized spacial score (nSPS) is 20.6. The van der Waals surface area contributed by atoms with Crippen LogP contribution in [0.1, 0.15) is 45.4 Å². The van der Waals surface area contributed by atoms with Crippen molar-refractivity contribution < 1.29 is 14.4 Å². The maximum atomic E-state index is 12.3. The van der Waals surface area contributed by atoms with Crippen LogP contribution in [0.25, 0.3) is 5.69 Å². The average molecular weight is 377 g/mol. The number of carbonyl (C=O) groups excluding carboxylic acids is 3.